The zero-order valence-corrected chi connectivity index (χ0v) is 11.4. The van der Waals surface area contributed by atoms with Gasteiger partial charge in [0, 0.05) is 35.8 Å². The molecule has 0 aliphatic heterocycles. The van der Waals surface area contributed by atoms with E-state index in [1.807, 2.05) is 10.8 Å². The van der Waals surface area contributed by atoms with E-state index in [2.05, 4.69) is 4.98 Å². The van der Waals surface area contributed by atoms with Crippen molar-refractivity contribution in [2.45, 2.75) is 19.4 Å². The molecular formula is C16H15N3O2. The van der Waals surface area contributed by atoms with Crippen LogP contribution in [0, 0.1) is 5.41 Å². The SMILES string of the molecule is N=C(CCCn1ccnc1)C1=C(O)c2ccccc2C1=O. The van der Waals surface area contributed by atoms with Crippen molar-refractivity contribution in [1.82, 2.24) is 9.55 Å². The average Bonchev–Trinajstić information content (AvgIpc) is 3.08. The van der Waals surface area contributed by atoms with Crippen molar-refractivity contribution in [2.75, 3.05) is 0 Å². The molecule has 1 aromatic carbocycles. The largest absolute Gasteiger partial charge is 0.506 e. The van der Waals surface area contributed by atoms with Gasteiger partial charge in [-0.1, -0.05) is 24.3 Å². The van der Waals surface area contributed by atoms with Crippen LogP contribution in [-0.2, 0) is 6.54 Å². The summed E-state index contributed by atoms with van der Waals surface area (Å²) in [6.07, 6.45) is 6.44. The van der Waals surface area contributed by atoms with Crippen molar-refractivity contribution in [3.05, 3.63) is 59.7 Å². The van der Waals surface area contributed by atoms with Gasteiger partial charge in [-0.2, -0.15) is 0 Å². The number of hydrogen-bond acceptors (Lipinski definition) is 4. The van der Waals surface area contributed by atoms with Crippen LogP contribution in [0.4, 0.5) is 0 Å². The molecule has 0 amide bonds. The Morgan fingerprint density at radius 1 is 1.29 bits per heavy atom. The van der Waals surface area contributed by atoms with Gasteiger partial charge in [-0.3, -0.25) is 4.79 Å². The van der Waals surface area contributed by atoms with Gasteiger partial charge in [0.25, 0.3) is 0 Å². The number of carbonyl (C=O) groups excluding carboxylic acids is 1. The molecule has 0 radical (unpaired) electrons. The number of aliphatic hydroxyl groups is 1. The molecule has 5 heteroatoms. The Labute approximate surface area is 122 Å². The number of nitrogens with one attached hydrogen (secondary N) is 1. The Balaban J connectivity index is 1.71. The quantitative estimate of drug-likeness (QED) is 0.827. The maximum absolute atomic E-state index is 12.3. The zero-order valence-electron chi connectivity index (χ0n) is 11.4. The van der Waals surface area contributed by atoms with Gasteiger partial charge < -0.3 is 15.1 Å². The highest BCUT2D eigenvalue weighted by atomic mass is 16.3. The first-order valence-electron chi connectivity index (χ1n) is 6.79. The Bertz CT molecular complexity index is 730. The van der Waals surface area contributed by atoms with Crippen LogP contribution in [0.1, 0.15) is 28.8 Å². The Morgan fingerprint density at radius 3 is 2.71 bits per heavy atom. The average molecular weight is 281 g/mol. The molecule has 5 nitrogen and oxygen atoms in total. The monoisotopic (exact) mass is 281 g/mol. The third kappa shape index (κ3) is 2.38. The highest BCUT2D eigenvalue weighted by Crippen LogP contribution is 2.32. The molecule has 2 N–H and O–H groups in total. The Kier molecular flexibility index (Phi) is 3.39. The van der Waals surface area contributed by atoms with Gasteiger partial charge in [-0.05, 0) is 12.8 Å². The molecule has 3 rings (SSSR count). The molecule has 0 unspecified atom stereocenters. The molecule has 1 aliphatic rings. The van der Waals surface area contributed by atoms with Crippen molar-refractivity contribution in [3.8, 4) is 0 Å². The molecule has 0 saturated carbocycles. The second-order valence-corrected chi connectivity index (χ2v) is 4.98. The molecule has 0 saturated heterocycles. The topological polar surface area (TPSA) is 79.0 Å². The summed E-state index contributed by atoms with van der Waals surface area (Å²) in [5.74, 6) is -0.320. The minimum absolute atomic E-state index is 0.0665. The van der Waals surface area contributed by atoms with E-state index in [9.17, 15) is 9.90 Å². The van der Waals surface area contributed by atoms with E-state index in [4.69, 9.17) is 5.41 Å². The molecule has 1 heterocycles. The highest BCUT2D eigenvalue weighted by molar-refractivity contribution is 6.34. The number of allylic oxidation sites excluding steroid dienone is 1. The zero-order chi connectivity index (χ0) is 14.8. The second kappa shape index (κ2) is 5.36. The number of hydrogen-bond donors (Lipinski definition) is 2. The number of aryl methyl sites for hydroxylation is 1. The standard InChI is InChI=1S/C16H15N3O2/c17-13(6-3-8-19-9-7-18-10-19)14-15(20)11-4-1-2-5-12(11)16(14)21/h1-2,4-5,7,9-10,17,20H,3,6,8H2. The maximum atomic E-state index is 12.3. The molecule has 1 aromatic heterocycles. The van der Waals surface area contributed by atoms with Gasteiger partial charge in [0.15, 0.2) is 5.78 Å². The van der Waals surface area contributed by atoms with Gasteiger partial charge in [-0.25, -0.2) is 4.98 Å². The molecule has 1 aliphatic carbocycles. The van der Waals surface area contributed by atoms with Crippen molar-refractivity contribution >= 4 is 17.3 Å². The highest BCUT2D eigenvalue weighted by Gasteiger charge is 2.31. The van der Waals surface area contributed by atoms with Crippen molar-refractivity contribution in [3.63, 3.8) is 0 Å². The summed E-state index contributed by atoms with van der Waals surface area (Å²) in [6, 6.07) is 6.91. The number of carbonyl (C=O) groups is 1. The summed E-state index contributed by atoms with van der Waals surface area (Å²) in [6.45, 7) is 0.734. The van der Waals surface area contributed by atoms with E-state index in [1.165, 1.54) is 0 Å². The van der Waals surface area contributed by atoms with Gasteiger partial charge >= 0.3 is 0 Å². The molecule has 0 fully saturated rings. The van der Waals surface area contributed by atoms with Gasteiger partial charge in [-0.15, -0.1) is 0 Å². The predicted molar refractivity (Wildman–Crippen MR) is 79.5 cm³/mol. The fraction of sp³-hybridized carbons (Fsp3) is 0.188. The molecule has 0 bridgehead atoms. The molecule has 2 aromatic rings. The van der Waals surface area contributed by atoms with Gasteiger partial charge in [0.05, 0.1) is 11.9 Å². The normalized spacial score (nSPS) is 13.6. The number of aliphatic hydroxyl groups excluding tert-OH is 1. The summed E-state index contributed by atoms with van der Waals surface area (Å²) in [4.78, 5) is 16.2. The lowest BCUT2D eigenvalue weighted by Crippen LogP contribution is -2.11. The molecule has 21 heavy (non-hydrogen) atoms. The molecular weight excluding hydrogens is 266 g/mol. The Hall–Kier alpha value is -2.69. The number of Topliss-reactive ketones (excluding diaryl/α,β-unsaturated/α-hetero) is 1. The van der Waals surface area contributed by atoms with Crippen LogP contribution in [0.5, 0.6) is 0 Å². The summed E-state index contributed by atoms with van der Waals surface area (Å²) in [5.41, 5.74) is 1.33. The fourth-order valence-electron chi connectivity index (χ4n) is 2.53. The maximum Gasteiger partial charge on any atom is 0.199 e. The van der Waals surface area contributed by atoms with Gasteiger partial charge in [0.1, 0.15) is 5.76 Å². The minimum Gasteiger partial charge on any atom is -0.506 e. The van der Waals surface area contributed by atoms with Crippen LogP contribution < -0.4 is 0 Å². The van der Waals surface area contributed by atoms with Crippen LogP contribution in [0.3, 0.4) is 0 Å². The molecule has 0 spiro atoms. The van der Waals surface area contributed by atoms with E-state index in [0.717, 1.165) is 13.0 Å². The number of nitrogens with zero attached hydrogens (tertiary/aromatic N) is 2. The minimum atomic E-state index is -0.254. The summed E-state index contributed by atoms with van der Waals surface area (Å²) in [5, 5.41) is 18.3. The first-order chi connectivity index (χ1) is 10.2. The van der Waals surface area contributed by atoms with E-state index in [1.54, 1.807) is 36.8 Å². The smallest absolute Gasteiger partial charge is 0.199 e. The second-order valence-electron chi connectivity index (χ2n) is 4.98. The number of aromatic nitrogens is 2. The number of benzene rings is 1. The number of ketones is 1. The van der Waals surface area contributed by atoms with E-state index < -0.39 is 0 Å². The molecule has 106 valence electrons. The third-order valence-corrected chi connectivity index (χ3v) is 3.59. The first-order valence-corrected chi connectivity index (χ1v) is 6.79. The lowest BCUT2D eigenvalue weighted by molar-refractivity contribution is 0.104. The van der Waals surface area contributed by atoms with E-state index in [-0.39, 0.29) is 22.8 Å². The fourth-order valence-corrected chi connectivity index (χ4v) is 2.53. The van der Waals surface area contributed by atoms with Crippen molar-refractivity contribution in [2.24, 2.45) is 0 Å². The van der Waals surface area contributed by atoms with Crippen molar-refractivity contribution in [1.29, 1.82) is 5.41 Å². The number of fused-ring (bicyclic) bond motifs is 1. The van der Waals surface area contributed by atoms with E-state index in [0.29, 0.717) is 17.5 Å². The summed E-state index contributed by atoms with van der Waals surface area (Å²) in [7, 11) is 0. The third-order valence-electron chi connectivity index (χ3n) is 3.59. The number of imidazole rings is 1. The van der Waals surface area contributed by atoms with Crippen molar-refractivity contribution < 1.29 is 9.90 Å². The Morgan fingerprint density at radius 2 is 2.05 bits per heavy atom. The lowest BCUT2D eigenvalue weighted by Gasteiger charge is -2.05. The lowest BCUT2D eigenvalue weighted by atomic mass is 10.0. The van der Waals surface area contributed by atoms with Crippen LogP contribution >= 0.6 is 0 Å². The molecule has 0 atom stereocenters. The van der Waals surface area contributed by atoms with E-state index >= 15 is 0 Å². The summed E-state index contributed by atoms with van der Waals surface area (Å²) < 4.78 is 1.92. The van der Waals surface area contributed by atoms with Crippen LogP contribution in [0.15, 0.2) is 48.6 Å². The predicted octanol–water partition coefficient (Wildman–Crippen LogP) is 2.85. The van der Waals surface area contributed by atoms with Crippen LogP contribution in [-0.4, -0.2) is 26.2 Å². The summed E-state index contributed by atoms with van der Waals surface area (Å²) >= 11 is 0. The van der Waals surface area contributed by atoms with Gasteiger partial charge in [0.2, 0.25) is 0 Å². The number of rotatable bonds is 5. The van der Waals surface area contributed by atoms with Crippen LogP contribution in [0.2, 0.25) is 0 Å². The first kappa shape index (κ1) is 13.3. The van der Waals surface area contributed by atoms with Crippen LogP contribution in [0.25, 0.3) is 5.76 Å².